The molecule has 31 heavy (non-hydrogen) atoms. The van der Waals surface area contributed by atoms with Crippen molar-refractivity contribution in [2.24, 2.45) is 11.8 Å². The summed E-state index contributed by atoms with van der Waals surface area (Å²) in [4.78, 5) is 9.41. The summed E-state index contributed by atoms with van der Waals surface area (Å²) in [6, 6.07) is 0. The van der Waals surface area contributed by atoms with Gasteiger partial charge in [-0.1, -0.05) is 90.3 Å². The van der Waals surface area contributed by atoms with E-state index in [0.29, 0.717) is 36.4 Å². The Morgan fingerprint density at radius 2 is 1.55 bits per heavy atom. The predicted octanol–water partition coefficient (Wildman–Crippen LogP) is 7.56. The Kier molecular flexibility index (Phi) is 18.3. The number of allylic oxidation sites excluding steroid dienone is 7. The summed E-state index contributed by atoms with van der Waals surface area (Å²) in [7, 11) is 1.65. The highest BCUT2D eigenvalue weighted by Gasteiger charge is 2.09. The first kappa shape index (κ1) is 30.8. The van der Waals surface area contributed by atoms with Crippen molar-refractivity contribution in [2.75, 3.05) is 20.3 Å². The second-order valence-corrected chi connectivity index (χ2v) is 8.11. The van der Waals surface area contributed by atoms with Crippen LogP contribution in [0.1, 0.15) is 53.9 Å². The molecule has 0 saturated carbocycles. The standard InChI is InChI=1S/C24H38O2.C4H6O/c1-10-19(4)17-24(26-16-15-25-9)23(8)22(7)14-13-21(6)20(5)12-11-18(2)3;1-4(2)3-5/h13-14,17-18,20H,4,6-8,10-12,15-16H2,1-3,5,9H3;3H,1H2,2H3/b14-13-,24-17+;. The molecule has 3 heteroatoms. The van der Waals surface area contributed by atoms with Gasteiger partial charge in [0, 0.05) is 12.7 Å². The Morgan fingerprint density at radius 3 is 2.00 bits per heavy atom. The molecule has 0 bridgehead atoms. The first-order chi connectivity index (χ1) is 14.5. The Morgan fingerprint density at radius 1 is 0.968 bits per heavy atom. The van der Waals surface area contributed by atoms with Crippen molar-refractivity contribution in [1.82, 2.24) is 0 Å². The Bertz CT molecular complexity index is 674. The maximum atomic E-state index is 9.41. The van der Waals surface area contributed by atoms with E-state index in [1.54, 1.807) is 14.0 Å². The van der Waals surface area contributed by atoms with Gasteiger partial charge in [0.1, 0.15) is 18.7 Å². The largest absolute Gasteiger partial charge is 0.491 e. The monoisotopic (exact) mass is 428 g/mol. The molecule has 0 spiro atoms. The van der Waals surface area contributed by atoms with Gasteiger partial charge < -0.3 is 9.47 Å². The van der Waals surface area contributed by atoms with Crippen LogP contribution in [0.2, 0.25) is 0 Å². The molecular weight excluding hydrogens is 384 g/mol. The third-order valence-corrected chi connectivity index (χ3v) is 4.53. The summed E-state index contributed by atoms with van der Waals surface area (Å²) in [5, 5.41) is 0. The molecule has 0 aliphatic heterocycles. The van der Waals surface area contributed by atoms with Crippen LogP contribution in [0, 0.1) is 11.8 Å². The molecule has 0 aromatic rings. The van der Waals surface area contributed by atoms with E-state index in [-0.39, 0.29) is 0 Å². The lowest BCUT2D eigenvalue weighted by molar-refractivity contribution is -0.104. The molecule has 3 nitrogen and oxygen atoms in total. The van der Waals surface area contributed by atoms with E-state index in [1.165, 1.54) is 6.42 Å². The SMILES string of the molecule is C=C(/C=C(/OCCOC)C(=C)C(=C)/C=C\C(=C)C(C)CCC(C)C)CC.C=C(C)C=O. The number of aldehydes is 1. The van der Waals surface area contributed by atoms with Crippen molar-refractivity contribution in [3.63, 3.8) is 0 Å². The van der Waals surface area contributed by atoms with Crippen molar-refractivity contribution < 1.29 is 14.3 Å². The third kappa shape index (κ3) is 17.0. The van der Waals surface area contributed by atoms with Gasteiger partial charge in [0.2, 0.25) is 0 Å². The molecule has 0 aliphatic rings. The minimum absolute atomic E-state index is 0.461. The van der Waals surface area contributed by atoms with Crippen LogP contribution in [-0.4, -0.2) is 26.6 Å². The van der Waals surface area contributed by atoms with Crippen molar-refractivity contribution in [3.05, 3.63) is 84.7 Å². The van der Waals surface area contributed by atoms with Gasteiger partial charge >= 0.3 is 0 Å². The maximum Gasteiger partial charge on any atom is 0.145 e. The summed E-state index contributed by atoms with van der Waals surface area (Å²) in [5.41, 5.74) is 4.25. The van der Waals surface area contributed by atoms with Crippen molar-refractivity contribution in [1.29, 1.82) is 0 Å². The number of methoxy groups -OCH3 is 1. The molecule has 0 rings (SSSR count). The highest BCUT2D eigenvalue weighted by atomic mass is 16.5. The van der Waals surface area contributed by atoms with Crippen LogP contribution in [0.4, 0.5) is 0 Å². The highest BCUT2D eigenvalue weighted by Crippen LogP contribution is 2.23. The molecule has 0 aromatic heterocycles. The molecule has 0 heterocycles. The predicted molar refractivity (Wildman–Crippen MR) is 136 cm³/mol. The average molecular weight is 429 g/mol. The Hall–Kier alpha value is -2.39. The minimum atomic E-state index is 0.461. The first-order valence-corrected chi connectivity index (χ1v) is 10.9. The molecule has 0 aromatic carbocycles. The van der Waals surface area contributed by atoms with Gasteiger partial charge in [0.05, 0.1) is 6.61 Å². The smallest absolute Gasteiger partial charge is 0.145 e. The number of carbonyl (C=O) groups excluding carboxylic acids is 1. The number of carbonyl (C=O) groups is 1. The Balaban J connectivity index is 0. The lowest BCUT2D eigenvalue weighted by Crippen LogP contribution is -2.04. The van der Waals surface area contributed by atoms with E-state index in [2.05, 4.69) is 60.6 Å². The molecule has 0 radical (unpaired) electrons. The van der Waals surface area contributed by atoms with Crippen LogP contribution in [0.25, 0.3) is 0 Å². The zero-order valence-corrected chi connectivity index (χ0v) is 20.8. The molecule has 0 aliphatic carbocycles. The van der Waals surface area contributed by atoms with Gasteiger partial charge in [-0.2, -0.15) is 0 Å². The van der Waals surface area contributed by atoms with Crippen molar-refractivity contribution in [3.8, 4) is 0 Å². The molecular formula is C28H44O3. The second-order valence-electron chi connectivity index (χ2n) is 8.11. The third-order valence-electron chi connectivity index (χ3n) is 4.53. The van der Waals surface area contributed by atoms with Crippen LogP contribution in [0.5, 0.6) is 0 Å². The summed E-state index contributed by atoms with van der Waals surface area (Å²) >= 11 is 0. The van der Waals surface area contributed by atoms with E-state index in [1.807, 2.05) is 18.2 Å². The second kappa shape index (κ2) is 18.4. The zero-order valence-electron chi connectivity index (χ0n) is 20.8. The highest BCUT2D eigenvalue weighted by molar-refractivity contribution is 5.70. The number of ether oxygens (including phenoxy) is 2. The maximum absolute atomic E-state index is 9.41. The fraction of sp³-hybridized carbons (Fsp3) is 0.464. The lowest BCUT2D eigenvalue weighted by Gasteiger charge is -2.15. The van der Waals surface area contributed by atoms with E-state index < -0.39 is 0 Å². The molecule has 174 valence electrons. The van der Waals surface area contributed by atoms with Gasteiger partial charge in [-0.05, 0) is 48.8 Å². The lowest BCUT2D eigenvalue weighted by atomic mass is 9.93. The minimum Gasteiger partial charge on any atom is -0.491 e. The van der Waals surface area contributed by atoms with Crippen LogP contribution in [-0.2, 0) is 14.3 Å². The van der Waals surface area contributed by atoms with Crippen LogP contribution < -0.4 is 0 Å². The van der Waals surface area contributed by atoms with Gasteiger partial charge in [0.15, 0.2) is 0 Å². The quantitative estimate of drug-likeness (QED) is 0.0887. The van der Waals surface area contributed by atoms with Crippen molar-refractivity contribution in [2.45, 2.75) is 53.9 Å². The van der Waals surface area contributed by atoms with Gasteiger partial charge in [-0.25, -0.2) is 0 Å². The summed E-state index contributed by atoms with van der Waals surface area (Å²) < 4.78 is 10.9. The van der Waals surface area contributed by atoms with E-state index in [9.17, 15) is 4.79 Å². The molecule has 0 amide bonds. The Labute approximate surface area is 191 Å². The van der Waals surface area contributed by atoms with Crippen LogP contribution in [0.3, 0.4) is 0 Å². The fourth-order valence-corrected chi connectivity index (χ4v) is 2.14. The van der Waals surface area contributed by atoms with Crippen LogP contribution >= 0.6 is 0 Å². The normalized spacial score (nSPS) is 12.0. The topological polar surface area (TPSA) is 35.5 Å². The fourth-order valence-electron chi connectivity index (χ4n) is 2.14. The molecule has 0 N–H and O–H groups in total. The summed E-state index contributed by atoms with van der Waals surface area (Å²) in [6.45, 7) is 31.2. The molecule has 1 unspecified atom stereocenters. The van der Waals surface area contributed by atoms with E-state index in [0.717, 1.165) is 41.4 Å². The molecule has 0 fully saturated rings. The van der Waals surface area contributed by atoms with Gasteiger partial charge in [-0.3, -0.25) is 4.79 Å². The number of hydrogen-bond acceptors (Lipinski definition) is 3. The van der Waals surface area contributed by atoms with Gasteiger partial charge in [0.25, 0.3) is 0 Å². The molecule has 0 saturated heterocycles. The number of hydrogen-bond donors (Lipinski definition) is 0. The average Bonchev–Trinajstić information content (AvgIpc) is 2.74. The van der Waals surface area contributed by atoms with Crippen molar-refractivity contribution >= 4 is 6.29 Å². The number of rotatable bonds is 15. The van der Waals surface area contributed by atoms with E-state index >= 15 is 0 Å². The summed E-state index contributed by atoms with van der Waals surface area (Å²) in [6.07, 6.45) is 9.88. The van der Waals surface area contributed by atoms with Crippen LogP contribution in [0.15, 0.2) is 84.7 Å². The molecule has 1 atom stereocenters. The zero-order chi connectivity index (χ0) is 24.4. The first-order valence-electron chi connectivity index (χ1n) is 10.9. The van der Waals surface area contributed by atoms with Gasteiger partial charge in [-0.15, -0.1) is 0 Å². The summed E-state index contributed by atoms with van der Waals surface area (Å²) in [5.74, 6) is 1.87. The van der Waals surface area contributed by atoms with E-state index in [4.69, 9.17) is 9.47 Å².